The van der Waals surface area contributed by atoms with E-state index in [0.717, 1.165) is 5.62 Å². The quantitative estimate of drug-likeness (QED) is 0.614. The predicted octanol–water partition coefficient (Wildman–Crippen LogP) is 0.664. The molecule has 3 heteroatoms. The minimum absolute atomic E-state index is 0.0557. The first-order valence-electron chi connectivity index (χ1n) is 5.72. The van der Waals surface area contributed by atoms with Crippen molar-refractivity contribution < 1.29 is 0 Å². The fraction of sp³-hybridized carbons (Fsp3) is 0.615. The van der Waals surface area contributed by atoms with Crippen LogP contribution in [0.5, 0.6) is 0 Å². The average molecular weight is 221 g/mol. The van der Waals surface area contributed by atoms with E-state index in [-0.39, 0.29) is 5.54 Å². The Balaban J connectivity index is 3.84. The smallest absolute Gasteiger partial charge is 0.205 e. The Hall–Kier alpha value is -1.25. The number of imidazole rings is 1. The first kappa shape index (κ1) is 12.8. The summed E-state index contributed by atoms with van der Waals surface area (Å²) in [6.45, 7) is 10.5. The molecule has 0 radical (unpaired) electrons. The molecule has 3 nitrogen and oxygen atoms in total. The highest BCUT2D eigenvalue weighted by molar-refractivity contribution is 5.22. The summed E-state index contributed by atoms with van der Waals surface area (Å²) in [5.41, 5.74) is 0.952. The summed E-state index contributed by atoms with van der Waals surface area (Å²) < 4.78 is 4.28. The molecule has 0 bridgehead atoms. The van der Waals surface area contributed by atoms with Gasteiger partial charge >= 0.3 is 0 Å². The summed E-state index contributed by atoms with van der Waals surface area (Å²) in [7, 11) is 4.12. The number of hydrogen-bond donors (Lipinski definition) is 0. The summed E-state index contributed by atoms with van der Waals surface area (Å²) in [5.74, 6) is 0. The van der Waals surface area contributed by atoms with Crippen LogP contribution < -0.4 is 16.3 Å². The lowest BCUT2D eigenvalue weighted by Gasteiger charge is -2.11. The van der Waals surface area contributed by atoms with Crippen molar-refractivity contribution in [1.82, 2.24) is 9.13 Å². The Labute approximate surface area is 97.4 Å². The van der Waals surface area contributed by atoms with E-state index in [9.17, 15) is 0 Å². The van der Waals surface area contributed by atoms with Gasteiger partial charge in [0.1, 0.15) is 0 Å². The monoisotopic (exact) mass is 221 g/mol. The van der Waals surface area contributed by atoms with E-state index in [1.165, 1.54) is 10.7 Å². The SMILES string of the molecule is C/C=c1\c(=C/C)n(C)c(=NC(C)(C)C)n1C. The zero-order valence-corrected chi connectivity index (χ0v) is 11.5. The highest BCUT2D eigenvalue weighted by Crippen LogP contribution is 2.03. The number of rotatable bonds is 0. The molecule has 1 aromatic heterocycles. The van der Waals surface area contributed by atoms with Crippen LogP contribution in [0.3, 0.4) is 0 Å². The van der Waals surface area contributed by atoms with E-state index >= 15 is 0 Å². The van der Waals surface area contributed by atoms with E-state index in [1.807, 2.05) is 0 Å². The Morgan fingerprint density at radius 2 is 1.31 bits per heavy atom. The lowest BCUT2D eigenvalue weighted by atomic mass is 10.1. The van der Waals surface area contributed by atoms with Gasteiger partial charge < -0.3 is 9.13 Å². The molecule has 0 aliphatic carbocycles. The van der Waals surface area contributed by atoms with E-state index in [4.69, 9.17) is 4.99 Å². The molecule has 0 saturated carbocycles. The van der Waals surface area contributed by atoms with Gasteiger partial charge in [-0.15, -0.1) is 0 Å². The molecule has 0 amide bonds. The Morgan fingerprint density at radius 3 is 1.56 bits per heavy atom. The highest BCUT2D eigenvalue weighted by atomic mass is 15.2. The maximum atomic E-state index is 4.75. The third-order valence-corrected chi connectivity index (χ3v) is 2.57. The van der Waals surface area contributed by atoms with Gasteiger partial charge in [-0.1, -0.05) is 12.2 Å². The van der Waals surface area contributed by atoms with Gasteiger partial charge in [0.25, 0.3) is 0 Å². The van der Waals surface area contributed by atoms with Crippen LogP contribution >= 0.6 is 0 Å². The lowest BCUT2D eigenvalue weighted by Crippen LogP contribution is -2.30. The zero-order chi connectivity index (χ0) is 12.5. The van der Waals surface area contributed by atoms with Crippen molar-refractivity contribution in [3.63, 3.8) is 0 Å². The Morgan fingerprint density at radius 1 is 0.938 bits per heavy atom. The molecule has 1 aromatic rings. The fourth-order valence-corrected chi connectivity index (χ4v) is 1.92. The molecular formula is C13H23N3. The molecule has 0 N–H and O–H groups in total. The lowest BCUT2D eigenvalue weighted by molar-refractivity contribution is 0.532. The molecule has 0 aromatic carbocycles. The van der Waals surface area contributed by atoms with E-state index in [2.05, 4.69) is 70.0 Å². The molecule has 1 heterocycles. The van der Waals surface area contributed by atoms with Crippen LogP contribution in [-0.4, -0.2) is 14.7 Å². The van der Waals surface area contributed by atoms with Gasteiger partial charge in [-0.2, -0.15) is 0 Å². The van der Waals surface area contributed by atoms with Gasteiger partial charge in [0, 0.05) is 14.1 Å². The van der Waals surface area contributed by atoms with Crippen molar-refractivity contribution in [3.8, 4) is 0 Å². The molecule has 90 valence electrons. The van der Waals surface area contributed by atoms with Gasteiger partial charge in [0.2, 0.25) is 5.62 Å². The normalized spacial score (nSPS) is 14.7. The fourth-order valence-electron chi connectivity index (χ4n) is 1.92. The van der Waals surface area contributed by atoms with Crippen LogP contribution in [-0.2, 0) is 14.1 Å². The minimum Gasteiger partial charge on any atom is -0.314 e. The standard InChI is InChI=1S/C13H23N3/c1-8-10-11(9-2)16(7)12(15(10)6)14-13(3,4)5/h8-9H,1-7H3/b10-8+,11-9+. The molecule has 0 atom stereocenters. The van der Waals surface area contributed by atoms with Crippen LogP contribution in [0.15, 0.2) is 4.99 Å². The summed E-state index contributed by atoms with van der Waals surface area (Å²) in [5, 5.41) is 2.43. The highest BCUT2D eigenvalue weighted by Gasteiger charge is 2.09. The van der Waals surface area contributed by atoms with Crippen LogP contribution in [0, 0.1) is 0 Å². The number of nitrogens with zero attached hydrogens (tertiary/aromatic N) is 3. The van der Waals surface area contributed by atoms with Gasteiger partial charge in [-0.05, 0) is 34.6 Å². The van der Waals surface area contributed by atoms with Crippen LogP contribution in [0.2, 0.25) is 0 Å². The molecular weight excluding hydrogens is 198 g/mol. The molecule has 0 aliphatic rings. The zero-order valence-electron chi connectivity index (χ0n) is 11.5. The average Bonchev–Trinajstić information content (AvgIpc) is 2.39. The van der Waals surface area contributed by atoms with Crippen LogP contribution in [0.1, 0.15) is 34.6 Å². The van der Waals surface area contributed by atoms with Gasteiger partial charge in [-0.25, -0.2) is 4.99 Å². The second kappa shape index (κ2) is 4.32. The maximum absolute atomic E-state index is 4.75. The summed E-state index contributed by atoms with van der Waals surface area (Å²) >= 11 is 0. The maximum Gasteiger partial charge on any atom is 0.205 e. The predicted molar refractivity (Wildman–Crippen MR) is 69.2 cm³/mol. The molecule has 0 spiro atoms. The summed E-state index contributed by atoms with van der Waals surface area (Å²) in [4.78, 5) is 4.75. The molecule has 1 rings (SSSR count). The largest absolute Gasteiger partial charge is 0.314 e. The summed E-state index contributed by atoms with van der Waals surface area (Å²) in [6.07, 6.45) is 4.24. The third-order valence-electron chi connectivity index (χ3n) is 2.57. The van der Waals surface area contributed by atoms with Gasteiger partial charge in [-0.3, -0.25) is 0 Å². The van der Waals surface area contributed by atoms with Crippen LogP contribution in [0.25, 0.3) is 12.2 Å². The van der Waals surface area contributed by atoms with Crippen LogP contribution in [0.4, 0.5) is 0 Å². The number of hydrogen-bond acceptors (Lipinski definition) is 1. The first-order chi connectivity index (χ1) is 7.31. The molecule has 0 unspecified atom stereocenters. The molecule has 0 fully saturated rings. The van der Waals surface area contributed by atoms with Gasteiger partial charge in [0.15, 0.2) is 0 Å². The van der Waals surface area contributed by atoms with E-state index < -0.39 is 0 Å². The minimum atomic E-state index is -0.0557. The Kier molecular flexibility index (Phi) is 3.46. The second-order valence-corrected chi connectivity index (χ2v) is 5.05. The van der Waals surface area contributed by atoms with E-state index in [1.54, 1.807) is 0 Å². The topological polar surface area (TPSA) is 22.2 Å². The van der Waals surface area contributed by atoms with E-state index in [0.29, 0.717) is 0 Å². The molecule has 0 saturated heterocycles. The second-order valence-electron chi connectivity index (χ2n) is 5.05. The molecule has 0 aliphatic heterocycles. The number of aromatic nitrogens is 2. The summed E-state index contributed by atoms with van der Waals surface area (Å²) in [6, 6.07) is 0. The van der Waals surface area contributed by atoms with Crippen molar-refractivity contribution in [3.05, 3.63) is 16.3 Å². The van der Waals surface area contributed by atoms with Crippen molar-refractivity contribution in [2.45, 2.75) is 40.2 Å². The molecule has 16 heavy (non-hydrogen) atoms. The van der Waals surface area contributed by atoms with Crippen molar-refractivity contribution >= 4 is 12.2 Å². The first-order valence-corrected chi connectivity index (χ1v) is 5.72. The van der Waals surface area contributed by atoms with Crippen molar-refractivity contribution in [1.29, 1.82) is 0 Å². The van der Waals surface area contributed by atoms with Gasteiger partial charge in [0.05, 0.1) is 16.2 Å². The van der Waals surface area contributed by atoms with Crippen molar-refractivity contribution in [2.75, 3.05) is 0 Å². The third kappa shape index (κ3) is 2.29. The van der Waals surface area contributed by atoms with Crippen molar-refractivity contribution in [2.24, 2.45) is 19.1 Å². The Bertz CT molecular complexity index is 507.